The third-order valence-corrected chi connectivity index (χ3v) is 13.5. The van der Waals surface area contributed by atoms with Crippen LogP contribution in [0.2, 0.25) is 10.5 Å². The number of benzene rings is 1. The molecule has 0 fully saturated rings. The largest absolute Gasteiger partial charge is 0.147 e. The van der Waals surface area contributed by atoms with Crippen LogP contribution in [0.1, 0.15) is 45.2 Å². The molecule has 0 radical (unpaired) electrons. The summed E-state index contributed by atoms with van der Waals surface area (Å²) in [7, 11) is 1.13. The van der Waals surface area contributed by atoms with Crippen molar-refractivity contribution >= 4 is 32.9 Å². The van der Waals surface area contributed by atoms with Crippen LogP contribution in [0.5, 0.6) is 5.75 Å². The van der Waals surface area contributed by atoms with Gasteiger partial charge in [0.1, 0.15) is 0 Å². The van der Waals surface area contributed by atoms with Crippen molar-refractivity contribution in [1.29, 1.82) is 0 Å². The molecule has 5 heteroatoms. The van der Waals surface area contributed by atoms with Crippen molar-refractivity contribution < 1.29 is 18.3 Å². The second kappa shape index (κ2) is 7.72. The van der Waals surface area contributed by atoms with Crippen molar-refractivity contribution in [2.45, 2.75) is 56.9 Å². The molecule has 0 heterocycles. The van der Waals surface area contributed by atoms with E-state index in [4.69, 9.17) is 3.32 Å². The SMILES string of the molecule is CC1=[C]([Ti]([CH3])([CH3])([SiH3])[O]c2cc(C)cc(C(C)(C)C)c2)CC=C1.Cl.Cl. The number of hydrogen-bond acceptors (Lipinski definition) is 1. The Hall–Kier alpha value is 0.0112. The van der Waals surface area contributed by atoms with Crippen molar-refractivity contribution in [1.82, 2.24) is 0 Å². The Morgan fingerprint density at radius 3 is 2.08 bits per heavy atom. The van der Waals surface area contributed by atoms with E-state index in [2.05, 4.69) is 75.4 Å². The Kier molecular flexibility index (Phi) is 7.72. The molecule has 1 aromatic rings. The van der Waals surface area contributed by atoms with Crippen molar-refractivity contribution in [3.05, 3.63) is 50.9 Å². The minimum absolute atomic E-state index is 0. The molecular formula is C19H33Cl2OSiTi. The number of aryl methyl sites for hydroxylation is 1. The monoisotopic (exact) mass is 423 g/mol. The normalized spacial score (nSPS) is 16.2. The van der Waals surface area contributed by atoms with E-state index in [1.165, 1.54) is 16.7 Å². The molecule has 0 atom stereocenters. The first-order valence-corrected chi connectivity index (χ1v) is 18.5. The summed E-state index contributed by atoms with van der Waals surface area (Å²) in [4.78, 5) is 0. The summed E-state index contributed by atoms with van der Waals surface area (Å²) in [5.41, 5.74) is 4.26. The fourth-order valence-corrected chi connectivity index (χ4v) is 12.0. The Labute approximate surface area is 164 Å². The third kappa shape index (κ3) is 5.51. The molecule has 0 saturated carbocycles. The second-order valence-corrected chi connectivity index (χ2v) is 31.6. The smallest absolute Gasteiger partial charge is 0.147 e. The topological polar surface area (TPSA) is 9.23 Å². The van der Waals surface area contributed by atoms with Crippen LogP contribution < -0.4 is 3.32 Å². The molecule has 1 aliphatic rings. The number of allylic oxidation sites excluding steroid dienone is 4. The van der Waals surface area contributed by atoms with Gasteiger partial charge in [0.25, 0.3) is 0 Å². The van der Waals surface area contributed by atoms with Crippen molar-refractivity contribution in [2.75, 3.05) is 0 Å². The Morgan fingerprint density at radius 2 is 1.62 bits per heavy atom. The molecule has 1 aliphatic carbocycles. The molecule has 137 valence electrons. The number of rotatable bonds is 3. The summed E-state index contributed by atoms with van der Waals surface area (Å²) in [6, 6.07) is 6.76. The van der Waals surface area contributed by atoms with Gasteiger partial charge in [-0.2, -0.15) is 0 Å². The van der Waals surface area contributed by atoms with Crippen LogP contribution in [0.3, 0.4) is 0 Å². The Balaban J connectivity index is 0.00000264. The van der Waals surface area contributed by atoms with Gasteiger partial charge >= 0.3 is 140 Å². The van der Waals surface area contributed by atoms with Gasteiger partial charge in [0.2, 0.25) is 0 Å². The molecular weight excluding hydrogens is 391 g/mol. The zero-order valence-electron chi connectivity index (χ0n) is 16.3. The number of halogens is 2. The molecule has 0 aromatic heterocycles. The third-order valence-electron chi connectivity index (χ3n) is 4.59. The fraction of sp³-hybridized carbons (Fsp3) is 0.474. The van der Waals surface area contributed by atoms with Crippen LogP contribution in [0.4, 0.5) is 0 Å². The summed E-state index contributed by atoms with van der Waals surface area (Å²) in [6.07, 6.45) is 5.65. The molecule has 2 rings (SSSR count). The first-order valence-electron chi connectivity index (χ1n) is 8.27. The standard InChI is InChI=1S/C11H16O.C6H7.2CH3.2ClH.H3Si.Ti/c1-8-5-9(11(2,3)4)7-10(12)6-8;1-6-4-2-3-5-6;;;;;;/h5-7,12H,1-4H3;2,4H,3H2,1H3;2*1H3;2*1H;1H3;/q;;;;;;;+1/p-1. The predicted octanol–water partition coefficient (Wildman–Crippen LogP) is 5.73. The summed E-state index contributed by atoms with van der Waals surface area (Å²) in [5.74, 6) is 1.08. The van der Waals surface area contributed by atoms with E-state index in [0.717, 1.165) is 20.3 Å². The van der Waals surface area contributed by atoms with Gasteiger partial charge < -0.3 is 0 Å². The molecule has 0 aliphatic heterocycles. The molecule has 1 aromatic carbocycles. The van der Waals surface area contributed by atoms with Crippen LogP contribution in [-0.4, -0.2) is 8.11 Å². The zero-order chi connectivity index (χ0) is 16.8. The Morgan fingerprint density at radius 1 is 1.04 bits per heavy atom. The predicted molar refractivity (Wildman–Crippen MR) is 113 cm³/mol. The van der Waals surface area contributed by atoms with Crippen LogP contribution in [0.15, 0.2) is 39.8 Å². The molecule has 0 N–H and O–H groups in total. The van der Waals surface area contributed by atoms with Crippen LogP contribution >= 0.6 is 24.8 Å². The van der Waals surface area contributed by atoms with Gasteiger partial charge in [-0.1, -0.05) is 0 Å². The quantitative estimate of drug-likeness (QED) is 0.564. The van der Waals surface area contributed by atoms with Gasteiger partial charge in [-0.05, 0) is 0 Å². The summed E-state index contributed by atoms with van der Waals surface area (Å²) in [6.45, 7) is 11.2. The summed E-state index contributed by atoms with van der Waals surface area (Å²) < 4.78 is 8.43. The van der Waals surface area contributed by atoms with Crippen LogP contribution in [0.25, 0.3) is 0 Å². The van der Waals surface area contributed by atoms with E-state index in [1.54, 1.807) is 3.88 Å². The molecule has 0 saturated heterocycles. The van der Waals surface area contributed by atoms with E-state index in [0.29, 0.717) is 0 Å². The Bertz CT molecular complexity index is 664. The summed E-state index contributed by atoms with van der Waals surface area (Å²) in [5, 5.41) is 4.88. The van der Waals surface area contributed by atoms with E-state index in [9.17, 15) is 0 Å². The molecule has 0 amide bonds. The van der Waals surface area contributed by atoms with Crippen LogP contribution in [-0.2, 0) is 20.4 Å². The average molecular weight is 424 g/mol. The maximum absolute atomic E-state index is 6.82. The minimum atomic E-state index is -2.97. The first kappa shape index (κ1) is 24.0. The minimum Gasteiger partial charge on any atom is -0.147 e. The van der Waals surface area contributed by atoms with E-state index < -0.39 is 14.9 Å². The van der Waals surface area contributed by atoms with Gasteiger partial charge in [0, 0.05) is 0 Å². The van der Waals surface area contributed by atoms with Crippen molar-refractivity contribution in [2.24, 2.45) is 0 Å². The van der Waals surface area contributed by atoms with Crippen molar-refractivity contribution in [3.8, 4) is 5.75 Å². The van der Waals surface area contributed by atoms with Crippen LogP contribution in [0, 0.1) is 6.92 Å². The molecule has 0 spiro atoms. The number of hydrogen-bond donors (Lipinski definition) is 0. The summed E-state index contributed by atoms with van der Waals surface area (Å²) >= 11 is -2.97. The zero-order valence-corrected chi connectivity index (χ0v) is 21.5. The van der Waals surface area contributed by atoms with Gasteiger partial charge in [-0.3, -0.25) is 0 Å². The second-order valence-electron chi connectivity index (χ2n) is 9.12. The molecule has 0 unspecified atom stereocenters. The van der Waals surface area contributed by atoms with Gasteiger partial charge in [-0.25, -0.2) is 0 Å². The van der Waals surface area contributed by atoms with Gasteiger partial charge in [0.05, 0.1) is 0 Å². The maximum Gasteiger partial charge on any atom is -0.147 e. The van der Waals surface area contributed by atoms with E-state index >= 15 is 0 Å². The molecule has 24 heavy (non-hydrogen) atoms. The van der Waals surface area contributed by atoms with Gasteiger partial charge in [-0.15, -0.1) is 24.8 Å². The van der Waals surface area contributed by atoms with Crippen molar-refractivity contribution in [3.63, 3.8) is 0 Å². The first-order chi connectivity index (χ1) is 9.87. The molecule has 1 nitrogen and oxygen atoms in total. The van der Waals surface area contributed by atoms with Gasteiger partial charge in [0.15, 0.2) is 0 Å². The van der Waals surface area contributed by atoms with E-state index in [1.807, 2.05) is 0 Å². The average Bonchev–Trinajstić information content (AvgIpc) is 2.73. The molecule has 0 bridgehead atoms. The maximum atomic E-state index is 6.82. The van der Waals surface area contributed by atoms with E-state index in [-0.39, 0.29) is 30.2 Å². The fourth-order valence-electron chi connectivity index (χ4n) is 3.35.